The second-order valence-electron chi connectivity index (χ2n) is 4.60. The van der Waals surface area contributed by atoms with Crippen LogP contribution in [-0.2, 0) is 29.5 Å². The van der Waals surface area contributed by atoms with Gasteiger partial charge in [-0.15, -0.1) is 11.6 Å². The van der Waals surface area contributed by atoms with E-state index in [1.165, 1.54) is 23.5 Å². The Morgan fingerprint density at radius 2 is 2.14 bits per heavy atom. The Hall–Kier alpha value is -1.44. The number of aryl methyl sites for hydroxylation is 1. The third-order valence-corrected chi connectivity index (χ3v) is 5.24. The third-order valence-electron chi connectivity index (χ3n) is 3.15. The van der Waals surface area contributed by atoms with Crippen molar-refractivity contribution in [2.24, 2.45) is 7.05 Å². The Morgan fingerprint density at radius 3 is 2.71 bits per heavy atom. The molecule has 2 rings (SSSR count). The van der Waals surface area contributed by atoms with E-state index >= 15 is 0 Å². The number of hydrogen-bond donors (Lipinski definition) is 0. The Bertz CT molecular complexity index is 746. The van der Waals surface area contributed by atoms with Crippen LogP contribution in [-0.4, -0.2) is 29.3 Å². The summed E-state index contributed by atoms with van der Waals surface area (Å²) in [7, 11) is -0.490. The minimum atomic E-state index is -3.73. The van der Waals surface area contributed by atoms with Crippen LogP contribution < -0.4 is 0 Å². The van der Waals surface area contributed by atoms with Gasteiger partial charge < -0.3 is 4.57 Å². The molecular formula is C13H15ClFN3O2S. The summed E-state index contributed by atoms with van der Waals surface area (Å²) in [4.78, 5) is 4.10. The van der Waals surface area contributed by atoms with Crippen molar-refractivity contribution in [2.45, 2.75) is 17.3 Å². The van der Waals surface area contributed by atoms with Crippen molar-refractivity contribution < 1.29 is 12.8 Å². The van der Waals surface area contributed by atoms with Gasteiger partial charge in [0.25, 0.3) is 0 Å². The van der Waals surface area contributed by atoms with Gasteiger partial charge in [0.1, 0.15) is 11.6 Å². The molecule has 0 N–H and O–H groups in total. The Balaban J connectivity index is 2.31. The summed E-state index contributed by atoms with van der Waals surface area (Å²) in [5.41, 5.74) is 0.156. The molecule has 2 aromatic rings. The number of nitrogens with zero attached hydrogens (tertiary/aromatic N) is 3. The van der Waals surface area contributed by atoms with Gasteiger partial charge in [-0.05, 0) is 18.2 Å². The maximum absolute atomic E-state index is 13.4. The highest BCUT2D eigenvalue weighted by Crippen LogP contribution is 2.20. The minimum Gasteiger partial charge on any atom is -0.337 e. The molecule has 0 spiro atoms. The van der Waals surface area contributed by atoms with Gasteiger partial charge >= 0.3 is 0 Å². The second kappa shape index (κ2) is 6.13. The van der Waals surface area contributed by atoms with Crippen molar-refractivity contribution in [1.82, 2.24) is 13.9 Å². The smallest absolute Gasteiger partial charge is 0.243 e. The SMILES string of the molecule is CN(Cc1nccn1C)S(=O)(=O)c1ccc(F)c(CCl)c1. The zero-order valence-electron chi connectivity index (χ0n) is 11.6. The van der Waals surface area contributed by atoms with Gasteiger partial charge in [0.2, 0.25) is 10.0 Å². The van der Waals surface area contributed by atoms with E-state index in [0.717, 1.165) is 6.07 Å². The standard InChI is InChI=1S/C13H15ClFN3O2S/c1-17-6-5-16-13(17)9-18(2)21(19,20)11-3-4-12(15)10(7-11)8-14/h3-7H,8-9H2,1-2H3. The Morgan fingerprint density at radius 1 is 1.43 bits per heavy atom. The monoisotopic (exact) mass is 331 g/mol. The van der Waals surface area contributed by atoms with Crippen LogP contribution in [0.15, 0.2) is 35.5 Å². The maximum Gasteiger partial charge on any atom is 0.243 e. The molecule has 1 heterocycles. The summed E-state index contributed by atoms with van der Waals surface area (Å²) in [6, 6.07) is 3.60. The minimum absolute atomic E-state index is 0.0104. The van der Waals surface area contributed by atoms with Crippen molar-refractivity contribution in [3.63, 3.8) is 0 Å². The van der Waals surface area contributed by atoms with E-state index in [1.54, 1.807) is 24.0 Å². The summed E-state index contributed by atoms with van der Waals surface area (Å²) in [6.07, 6.45) is 3.33. The molecule has 114 valence electrons. The molecule has 0 radical (unpaired) electrons. The lowest BCUT2D eigenvalue weighted by Crippen LogP contribution is -2.27. The molecule has 0 aliphatic carbocycles. The fourth-order valence-electron chi connectivity index (χ4n) is 1.83. The van der Waals surface area contributed by atoms with Gasteiger partial charge in [-0.25, -0.2) is 17.8 Å². The molecule has 0 amide bonds. The number of halogens is 2. The van der Waals surface area contributed by atoms with Crippen LogP contribution in [0.4, 0.5) is 4.39 Å². The topological polar surface area (TPSA) is 55.2 Å². The molecule has 0 fully saturated rings. The lowest BCUT2D eigenvalue weighted by atomic mass is 10.2. The first-order valence-electron chi connectivity index (χ1n) is 6.13. The average Bonchev–Trinajstić information content (AvgIpc) is 2.84. The average molecular weight is 332 g/mol. The number of rotatable bonds is 5. The molecular weight excluding hydrogens is 317 g/mol. The van der Waals surface area contributed by atoms with Crippen molar-refractivity contribution in [1.29, 1.82) is 0 Å². The molecule has 0 unspecified atom stereocenters. The Labute approximate surface area is 128 Å². The molecule has 5 nitrogen and oxygen atoms in total. The number of sulfonamides is 1. The normalized spacial score (nSPS) is 12.0. The first kappa shape index (κ1) is 15.9. The molecule has 8 heteroatoms. The number of aromatic nitrogens is 2. The first-order chi connectivity index (χ1) is 9.86. The van der Waals surface area contributed by atoms with Crippen molar-refractivity contribution in [3.8, 4) is 0 Å². The van der Waals surface area contributed by atoms with Gasteiger partial charge in [-0.1, -0.05) is 0 Å². The first-order valence-corrected chi connectivity index (χ1v) is 8.10. The molecule has 21 heavy (non-hydrogen) atoms. The highest BCUT2D eigenvalue weighted by molar-refractivity contribution is 7.89. The van der Waals surface area contributed by atoms with Crippen LogP contribution in [0.1, 0.15) is 11.4 Å². The summed E-state index contributed by atoms with van der Waals surface area (Å²) in [5, 5.41) is 0. The van der Waals surface area contributed by atoms with E-state index in [-0.39, 0.29) is 22.9 Å². The van der Waals surface area contributed by atoms with E-state index in [4.69, 9.17) is 11.6 Å². The predicted molar refractivity (Wildman–Crippen MR) is 77.8 cm³/mol. The van der Waals surface area contributed by atoms with Crippen LogP contribution >= 0.6 is 11.6 Å². The summed E-state index contributed by atoms with van der Waals surface area (Å²) in [6.45, 7) is 0.124. The summed E-state index contributed by atoms with van der Waals surface area (Å²) < 4.78 is 41.3. The van der Waals surface area contributed by atoms with Gasteiger partial charge in [-0.2, -0.15) is 4.31 Å². The molecule has 0 saturated carbocycles. The zero-order chi connectivity index (χ0) is 15.6. The fourth-order valence-corrected chi connectivity index (χ4v) is 3.21. The highest BCUT2D eigenvalue weighted by atomic mass is 35.5. The summed E-state index contributed by atoms with van der Waals surface area (Å²) in [5.74, 6) is 0.00890. The number of imidazole rings is 1. The molecule has 0 aliphatic rings. The van der Waals surface area contributed by atoms with Crippen LogP contribution in [0.2, 0.25) is 0 Å². The molecule has 0 aliphatic heterocycles. The quantitative estimate of drug-likeness (QED) is 0.789. The largest absolute Gasteiger partial charge is 0.337 e. The lowest BCUT2D eigenvalue weighted by molar-refractivity contribution is 0.451. The maximum atomic E-state index is 13.4. The predicted octanol–water partition coefficient (Wildman–Crippen LogP) is 2.12. The highest BCUT2D eigenvalue weighted by Gasteiger charge is 2.23. The van der Waals surface area contributed by atoms with Crippen molar-refractivity contribution >= 4 is 21.6 Å². The molecule has 1 aromatic heterocycles. The van der Waals surface area contributed by atoms with Crippen LogP contribution in [0.25, 0.3) is 0 Å². The number of benzene rings is 1. The van der Waals surface area contributed by atoms with E-state index in [9.17, 15) is 12.8 Å². The van der Waals surface area contributed by atoms with Gasteiger partial charge in [-0.3, -0.25) is 0 Å². The number of alkyl halides is 1. The number of hydrogen-bond acceptors (Lipinski definition) is 3. The van der Waals surface area contributed by atoms with Crippen LogP contribution in [0.5, 0.6) is 0 Å². The second-order valence-corrected chi connectivity index (χ2v) is 6.91. The molecule has 0 bridgehead atoms. The third kappa shape index (κ3) is 3.25. The fraction of sp³-hybridized carbons (Fsp3) is 0.308. The Kier molecular flexibility index (Phi) is 4.65. The van der Waals surface area contributed by atoms with Gasteiger partial charge in [0.15, 0.2) is 0 Å². The molecule has 1 aromatic carbocycles. The molecule has 0 saturated heterocycles. The van der Waals surface area contributed by atoms with Crippen molar-refractivity contribution in [3.05, 3.63) is 47.8 Å². The summed E-state index contributed by atoms with van der Waals surface area (Å²) >= 11 is 5.61. The van der Waals surface area contributed by atoms with E-state index in [1.807, 2.05) is 0 Å². The van der Waals surface area contributed by atoms with E-state index < -0.39 is 15.8 Å². The van der Waals surface area contributed by atoms with Crippen LogP contribution in [0.3, 0.4) is 0 Å². The zero-order valence-corrected chi connectivity index (χ0v) is 13.2. The molecule has 0 atom stereocenters. The lowest BCUT2D eigenvalue weighted by Gasteiger charge is -2.17. The van der Waals surface area contributed by atoms with Crippen LogP contribution in [0, 0.1) is 5.82 Å². The van der Waals surface area contributed by atoms with E-state index in [0.29, 0.717) is 5.82 Å². The van der Waals surface area contributed by atoms with Gasteiger partial charge in [0.05, 0.1) is 17.3 Å². The van der Waals surface area contributed by atoms with Crippen molar-refractivity contribution in [2.75, 3.05) is 7.05 Å². The van der Waals surface area contributed by atoms with Gasteiger partial charge in [0, 0.05) is 32.1 Å². The van der Waals surface area contributed by atoms with E-state index in [2.05, 4.69) is 4.98 Å².